The van der Waals surface area contributed by atoms with Crippen LogP contribution in [0.4, 0.5) is 0 Å². The Balaban J connectivity index is 0.000000235. The van der Waals surface area contributed by atoms with Gasteiger partial charge < -0.3 is 5.32 Å². The molecule has 1 atom stereocenters. The first-order valence-electron chi connectivity index (χ1n) is 13.5. The van der Waals surface area contributed by atoms with Gasteiger partial charge in [0, 0.05) is 29.7 Å². The van der Waals surface area contributed by atoms with Crippen molar-refractivity contribution in [3.05, 3.63) is 136 Å². The molecule has 1 N–H and O–H groups in total. The first-order valence-corrected chi connectivity index (χ1v) is 13.5. The number of allylic oxidation sites excluding steroid dienone is 7. The summed E-state index contributed by atoms with van der Waals surface area (Å²) in [6.45, 7) is 4.22. The number of pyridine rings is 1. The second-order valence-electron chi connectivity index (χ2n) is 10.5. The number of aromatic nitrogens is 1. The van der Waals surface area contributed by atoms with E-state index >= 15 is 0 Å². The number of hydrogen-bond donors (Lipinski definition) is 1. The van der Waals surface area contributed by atoms with E-state index in [1.54, 1.807) is 11.1 Å². The molecule has 1 unspecified atom stereocenters. The fourth-order valence-electron chi connectivity index (χ4n) is 5.79. The lowest BCUT2D eigenvalue weighted by atomic mass is 9.74. The van der Waals surface area contributed by atoms with Gasteiger partial charge in [-0.05, 0) is 109 Å². The van der Waals surface area contributed by atoms with E-state index in [0.717, 1.165) is 25.0 Å². The van der Waals surface area contributed by atoms with E-state index < -0.39 is 0 Å². The largest absolute Gasteiger partial charge is 0.365 e. The maximum atomic E-state index is 4.43. The zero-order valence-electron chi connectivity index (χ0n) is 21.8. The van der Waals surface area contributed by atoms with E-state index in [4.69, 9.17) is 0 Å². The Morgan fingerprint density at radius 3 is 2.68 bits per heavy atom. The molecular weight excluding hydrogens is 448 g/mol. The standard InChI is InChI=1S/C27H25N.C8H9N/c1-18-7-13-24-22(11-10-20-9-8-19(2)28-17-20)16-27-23-6-4-3-5-21(23)12-14-25(27)26(24)15-18;1-3-8-4-2-7(1)5-6-9-8/h3,5,7-15,17,22H,4,6,16H2,1-2H3;1,3,5-6,9H,2,4H2/b11-10-;. The number of rotatable bonds is 2. The molecule has 2 nitrogen and oxygen atoms in total. The molecule has 184 valence electrons. The highest BCUT2D eigenvalue weighted by atomic mass is 14.9. The van der Waals surface area contributed by atoms with Gasteiger partial charge in [0.2, 0.25) is 0 Å². The summed E-state index contributed by atoms with van der Waals surface area (Å²) in [4.78, 5) is 4.43. The van der Waals surface area contributed by atoms with Gasteiger partial charge in [-0.25, -0.2) is 0 Å². The van der Waals surface area contributed by atoms with Gasteiger partial charge in [-0.15, -0.1) is 0 Å². The maximum Gasteiger partial charge on any atom is 0.0373 e. The van der Waals surface area contributed by atoms with Crippen molar-refractivity contribution in [2.45, 2.75) is 51.9 Å². The van der Waals surface area contributed by atoms with Crippen LogP contribution >= 0.6 is 0 Å². The molecule has 0 spiro atoms. The van der Waals surface area contributed by atoms with Crippen LogP contribution < -0.4 is 5.32 Å². The molecule has 0 fully saturated rings. The molecule has 2 aliphatic heterocycles. The van der Waals surface area contributed by atoms with E-state index in [1.807, 2.05) is 19.3 Å². The van der Waals surface area contributed by atoms with E-state index in [1.165, 1.54) is 57.5 Å². The third kappa shape index (κ3) is 5.02. The molecule has 2 bridgehead atoms. The second-order valence-corrected chi connectivity index (χ2v) is 10.5. The van der Waals surface area contributed by atoms with Crippen LogP contribution in [0, 0.1) is 13.8 Å². The summed E-state index contributed by atoms with van der Waals surface area (Å²) in [6, 6.07) is 15.8. The smallest absolute Gasteiger partial charge is 0.0373 e. The number of hydrogen-bond acceptors (Lipinski definition) is 2. The Hall–Kier alpha value is -3.91. The van der Waals surface area contributed by atoms with Crippen molar-refractivity contribution in [3.8, 4) is 11.1 Å². The summed E-state index contributed by atoms with van der Waals surface area (Å²) < 4.78 is 0. The topological polar surface area (TPSA) is 24.9 Å². The van der Waals surface area contributed by atoms with Crippen LogP contribution in [0.3, 0.4) is 0 Å². The van der Waals surface area contributed by atoms with Crippen LogP contribution in [-0.2, 0) is 12.8 Å². The van der Waals surface area contributed by atoms with Crippen LogP contribution in [0.1, 0.15) is 64.3 Å². The third-order valence-electron chi connectivity index (χ3n) is 7.85. The summed E-state index contributed by atoms with van der Waals surface area (Å²) in [5, 5.41) is 3.20. The van der Waals surface area contributed by atoms with Crippen molar-refractivity contribution >= 4 is 12.2 Å². The summed E-state index contributed by atoms with van der Waals surface area (Å²) in [7, 11) is 0. The third-order valence-corrected chi connectivity index (χ3v) is 7.85. The highest BCUT2D eigenvalue weighted by molar-refractivity contribution is 5.79. The highest BCUT2D eigenvalue weighted by Crippen LogP contribution is 2.44. The van der Waals surface area contributed by atoms with E-state index in [0.29, 0.717) is 5.92 Å². The molecule has 5 aliphatic rings. The van der Waals surface area contributed by atoms with Gasteiger partial charge in [0.05, 0.1) is 0 Å². The molecule has 0 saturated carbocycles. The SMILES string of the molecule is C1=CC2=CC=C(CC2)N1.Cc1ccc2c(c1)-c1ccc3c(c1CC2/C=C\c1ccc(C)nc1)CCC=C3. The minimum absolute atomic E-state index is 0.404. The van der Waals surface area contributed by atoms with Gasteiger partial charge in [0.25, 0.3) is 0 Å². The summed E-state index contributed by atoms with van der Waals surface area (Å²) >= 11 is 0. The van der Waals surface area contributed by atoms with Gasteiger partial charge in [-0.3, -0.25) is 4.98 Å². The van der Waals surface area contributed by atoms with Crippen molar-refractivity contribution in [2.75, 3.05) is 0 Å². The van der Waals surface area contributed by atoms with Crippen molar-refractivity contribution in [1.82, 2.24) is 10.3 Å². The fourth-order valence-corrected chi connectivity index (χ4v) is 5.79. The van der Waals surface area contributed by atoms with Crippen LogP contribution in [0.25, 0.3) is 23.3 Å². The van der Waals surface area contributed by atoms with Crippen LogP contribution in [0.5, 0.6) is 0 Å². The molecule has 3 aromatic rings. The van der Waals surface area contributed by atoms with E-state index in [9.17, 15) is 0 Å². The normalized spacial score (nSPS) is 18.5. The Morgan fingerprint density at radius 1 is 0.892 bits per heavy atom. The number of nitrogens with one attached hydrogen (secondary N) is 1. The maximum absolute atomic E-state index is 4.43. The summed E-state index contributed by atoms with van der Waals surface area (Å²) in [5.41, 5.74) is 15.1. The summed E-state index contributed by atoms with van der Waals surface area (Å²) in [5.74, 6) is 0.404. The predicted octanol–water partition coefficient (Wildman–Crippen LogP) is 8.39. The van der Waals surface area contributed by atoms with Crippen molar-refractivity contribution in [3.63, 3.8) is 0 Å². The van der Waals surface area contributed by atoms with Crippen molar-refractivity contribution < 1.29 is 0 Å². The first-order chi connectivity index (χ1) is 18.1. The van der Waals surface area contributed by atoms with Gasteiger partial charge in [0.15, 0.2) is 0 Å². The van der Waals surface area contributed by atoms with Crippen molar-refractivity contribution in [2.24, 2.45) is 0 Å². The molecule has 2 heteroatoms. The van der Waals surface area contributed by atoms with Crippen molar-refractivity contribution in [1.29, 1.82) is 0 Å². The Kier molecular flexibility index (Phi) is 6.49. The highest BCUT2D eigenvalue weighted by Gasteiger charge is 2.26. The molecule has 8 rings (SSSR count). The molecular formula is C35H34N2. The quantitative estimate of drug-likeness (QED) is 0.397. The molecule has 1 aromatic heterocycles. The Bertz CT molecular complexity index is 1480. The van der Waals surface area contributed by atoms with Gasteiger partial charge in [0.1, 0.15) is 0 Å². The second kappa shape index (κ2) is 10.2. The lowest BCUT2D eigenvalue weighted by Gasteiger charge is -2.30. The first kappa shape index (κ1) is 23.5. The van der Waals surface area contributed by atoms with E-state index in [-0.39, 0.29) is 0 Å². The minimum atomic E-state index is 0.404. The molecule has 2 aromatic carbocycles. The minimum Gasteiger partial charge on any atom is -0.365 e. The molecule has 0 radical (unpaired) electrons. The molecule has 0 amide bonds. The van der Waals surface area contributed by atoms with Gasteiger partial charge >= 0.3 is 0 Å². The molecule has 3 heterocycles. The van der Waals surface area contributed by atoms with Crippen LogP contribution in [0.2, 0.25) is 0 Å². The Labute approximate surface area is 220 Å². The molecule has 0 saturated heterocycles. The number of fused-ring (bicyclic) bond motifs is 8. The molecule has 37 heavy (non-hydrogen) atoms. The van der Waals surface area contributed by atoms with Crippen LogP contribution in [0.15, 0.2) is 96.5 Å². The van der Waals surface area contributed by atoms with Gasteiger partial charge in [-0.1, -0.05) is 72.3 Å². The zero-order valence-corrected chi connectivity index (χ0v) is 21.8. The Morgan fingerprint density at radius 2 is 1.84 bits per heavy atom. The monoisotopic (exact) mass is 482 g/mol. The lowest BCUT2D eigenvalue weighted by Crippen LogP contribution is -2.13. The van der Waals surface area contributed by atoms with Crippen LogP contribution in [-0.4, -0.2) is 4.98 Å². The average molecular weight is 483 g/mol. The molecule has 3 aliphatic carbocycles. The van der Waals surface area contributed by atoms with E-state index in [2.05, 4.69) is 102 Å². The summed E-state index contributed by atoms with van der Waals surface area (Å²) in [6.07, 6.45) is 25.4. The average Bonchev–Trinajstić information content (AvgIpc) is 3.31. The number of benzene rings is 2. The zero-order chi connectivity index (χ0) is 25.2. The fraction of sp³-hybridized carbons (Fsp3) is 0.229. The lowest BCUT2D eigenvalue weighted by molar-refractivity contribution is 0.805. The van der Waals surface area contributed by atoms with Gasteiger partial charge in [-0.2, -0.15) is 0 Å². The number of nitrogens with zero attached hydrogens (tertiary/aromatic N) is 1. The number of aryl methyl sites for hydroxylation is 2. The predicted molar refractivity (Wildman–Crippen MR) is 156 cm³/mol.